The molecule has 0 aliphatic rings. The van der Waals surface area contributed by atoms with E-state index in [2.05, 4.69) is 9.97 Å². The van der Waals surface area contributed by atoms with E-state index in [1.807, 2.05) is 0 Å². The summed E-state index contributed by atoms with van der Waals surface area (Å²) >= 11 is 0. The second kappa shape index (κ2) is 3.05. The van der Waals surface area contributed by atoms with Crippen LogP contribution in [0.25, 0.3) is 0 Å². The van der Waals surface area contributed by atoms with Gasteiger partial charge in [0.15, 0.2) is 0 Å². The average molecular weight is 156 g/mol. The second-order valence-corrected chi connectivity index (χ2v) is 1.84. The molecule has 0 fully saturated rings. The van der Waals surface area contributed by atoms with Crippen LogP contribution in [0.2, 0.25) is 0 Å². The van der Waals surface area contributed by atoms with Gasteiger partial charge in [0.05, 0.1) is 12.8 Å². The molecular weight excluding hydrogens is 148 g/mol. The summed E-state index contributed by atoms with van der Waals surface area (Å²) in [5.41, 5.74) is 0.0356. The third kappa shape index (κ3) is 1.70. The average Bonchev–Trinajstić information content (AvgIpc) is 2.37. The molecule has 0 spiro atoms. The molecule has 0 amide bonds. The van der Waals surface area contributed by atoms with Gasteiger partial charge in [-0.15, -0.1) is 0 Å². The van der Waals surface area contributed by atoms with E-state index in [-0.39, 0.29) is 11.7 Å². The first-order chi connectivity index (χ1) is 5.24. The van der Waals surface area contributed by atoms with Gasteiger partial charge in [0, 0.05) is 0 Å². The highest BCUT2D eigenvalue weighted by atomic mass is 16.5. The highest BCUT2D eigenvalue weighted by molar-refractivity contribution is 5.85. The molecule has 0 aliphatic carbocycles. The van der Waals surface area contributed by atoms with Crippen LogP contribution >= 0.6 is 0 Å². The van der Waals surface area contributed by atoms with Crippen molar-refractivity contribution in [2.75, 3.05) is 6.61 Å². The maximum Gasteiger partial charge on any atom is 0.354 e. The van der Waals surface area contributed by atoms with Crippen LogP contribution in [0, 0.1) is 0 Å². The van der Waals surface area contributed by atoms with E-state index in [1.54, 1.807) is 6.92 Å². The first kappa shape index (κ1) is 7.59. The van der Waals surface area contributed by atoms with E-state index in [1.165, 1.54) is 6.20 Å². The lowest BCUT2D eigenvalue weighted by Crippen LogP contribution is -1.97. The molecule has 0 aromatic carbocycles. The molecule has 1 aromatic rings. The summed E-state index contributed by atoms with van der Waals surface area (Å²) in [6.45, 7) is 2.26. The Labute approximate surface area is 63.0 Å². The summed E-state index contributed by atoms with van der Waals surface area (Å²) < 4.78 is 4.91. The Hall–Kier alpha value is -1.52. The normalized spacial score (nSPS) is 9.55. The first-order valence-electron chi connectivity index (χ1n) is 3.15. The number of nitrogens with one attached hydrogen (secondary N) is 1. The molecule has 0 aliphatic heterocycles. The SMILES string of the molecule is CCOc1ncc(C(=O)O)[nH]1. The predicted molar refractivity (Wildman–Crippen MR) is 36.7 cm³/mol. The monoisotopic (exact) mass is 156 g/mol. The minimum atomic E-state index is -1.04. The number of nitrogens with zero attached hydrogens (tertiary/aromatic N) is 1. The van der Waals surface area contributed by atoms with Crippen LogP contribution in [0.15, 0.2) is 6.20 Å². The number of hydrogen-bond acceptors (Lipinski definition) is 3. The zero-order valence-corrected chi connectivity index (χ0v) is 6.00. The van der Waals surface area contributed by atoms with Gasteiger partial charge in [-0.2, -0.15) is 0 Å². The smallest absolute Gasteiger partial charge is 0.354 e. The van der Waals surface area contributed by atoms with Crippen LogP contribution in [0.1, 0.15) is 17.4 Å². The maximum atomic E-state index is 10.3. The molecule has 5 heteroatoms. The number of aromatic amines is 1. The fraction of sp³-hybridized carbons (Fsp3) is 0.333. The Morgan fingerprint density at radius 1 is 1.91 bits per heavy atom. The van der Waals surface area contributed by atoms with Gasteiger partial charge >= 0.3 is 5.97 Å². The Bertz CT molecular complexity index is 256. The zero-order chi connectivity index (χ0) is 8.27. The molecule has 1 aromatic heterocycles. The van der Waals surface area contributed by atoms with Crippen molar-refractivity contribution in [1.29, 1.82) is 0 Å². The maximum absolute atomic E-state index is 10.3. The fourth-order valence-corrected chi connectivity index (χ4v) is 0.622. The highest BCUT2D eigenvalue weighted by Crippen LogP contribution is 2.03. The summed E-state index contributed by atoms with van der Waals surface area (Å²) in [6.07, 6.45) is 1.22. The van der Waals surface area contributed by atoms with Crippen LogP contribution in [0.4, 0.5) is 0 Å². The van der Waals surface area contributed by atoms with Crippen LogP contribution in [-0.4, -0.2) is 27.7 Å². The second-order valence-electron chi connectivity index (χ2n) is 1.84. The molecule has 1 rings (SSSR count). The summed E-state index contributed by atoms with van der Waals surface area (Å²) in [6, 6.07) is 0.241. The van der Waals surface area contributed by atoms with Crippen LogP contribution in [-0.2, 0) is 0 Å². The summed E-state index contributed by atoms with van der Waals surface area (Å²) in [5, 5.41) is 8.44. The summed E-state index contributed by atoms with van der Waals surface area (Å²) in [7, 11) is 0. The molecule has 0 saturated carbocycles. The Morgan fingerprint density at radius 3 is 3.09 bits per heavy atom. The van der Waals surface area contributed by atoms with E-state index in [4.69, 9.17) is 9.84 Å². The topological polar surface area (TPSA) is 75.2 Å². The molecule has 5 nitrogen and oxygen atoms in total. The minimum absolute atomic E-state index is 0.0356. The number of aromatic nitrogens is 2. The lowest BCUT2D eigenvalue weighted by molar-refractivity contribution is 0.0690. The predicted octanol–water partition coefficient (Wildman–Crippen LogP) is 0.507. The largest absolute Gasteiger partial charge is 0.477 e. The van der Waals surface area contributed by atoms with E-state index >= 15 is 0 Å². The van der Waals surface area contributed by atoms with Gasteiger partial charge in [-0.1, -0.05) is 0 Å². The molecule has 0 bridgehead atoms. The van der Waals surface area contributed by atoms with Gasteiger partial charge in [-0.05, 0) is 6.92 Å². The molecule has 11 heavy (non-hydrogen) atoms. The standard InChI is InChI=1S/C6H8N2O3/c1-2-11-6-7-3-4(8-6)5(9)10/h3H,2H2,1H3,(H,7,8)(H,9,10). The number of aromatic carboxylic acids is 1. The third-order valence-electron chi connectivity index (χ3n) is 1.06. The fourth-order valence-electron chi connectivity index (χ4n) is 0.622. The van der Waals surface area contributed by atoms with Gasteiger partial charge in [-0.3, -0.25) is 0 Å². The highest BCUT2D eigenvalue weighted by Gasteiger charge is 2.06. The number of ether oxygens (including phenoxy) is 1. The molecule has 60 valence electrons. The van der Waals surface area contributed by atoms with E-state index < -0.39 is 5.97 Å². The molecule has 0 unspecified atom stereocenters. The molecule has 2 N–H and O–H groups in total. The van der Waals surface area contributed by atoms with E-state index in [0.29, 0.717) is 6.61 Å². The van der Waals surface area contributed by atoms with Crippen molar-refractivity contribution in [2.45, 2.75) is 6.92 Å². The van der Waals surface area contributed by atoms with Gasteiger partial charge in [0.1, 0.15) is 5.69 Å². The van der Waals surface area contributed by atoms with Crippen molar-refractivity contribution < 1.29 is 14.6 Å². The number of carbonyl (C=O) groups is 1. The van der Waals surface area contributed by atoms with E-state index in [9.17, 15) is 4.79 Å². The number of carboxylic acids is 1. The van der Waals surface area contributed by atoms with Crippen LogP contribution in [0.3, 0.4) is 0 Å². The molecule has 1 heterocycles. The number of carboxylic acid groups (broad SMARTS) is 1. The first-order valence-corrected chi connectivity index (χ1v) is 3.15. The van der Waals surface area contributed by atoms with Crippen LogP contribution < -0.4 is 4.74 Å². The van der Waals surface area contributed by atoms with Gasteiger partial charge < -0.3 is 14.8 Å². The lowest BCUT2D eigenvalue weighted by atomic mass is 10.5. The van der Waals surface area contributed by atoms with Crippen molar-refractivity contribution in [3.8, 4) is 6.01 Å². The van der Waals surface area contributed by atoms with Crippen molar-refractivity contribution >= 4 is 5.97 Å². The molecule has 0 saturated heterocycles. The Kier molecular flexibility index (Phi) is 2.10. The number of rotatable bonds is 3. The lowest BCUT2D eigenvalue weighted by Gasteiger charge is -1.93. The number of imidazole rings is 1. The van der Waals surface area contributed by atoms with Crippen molar-refractivity contribution in [2.24, 2.45) is 0 Å². The number of H-pyrrole nitrogens is 1. The third-order valence-corrected chi connectivity index (χ3v) is 1.06. The van der Waals surface area contributed by atoms with E-state index in [0.717, 1.165) is 0 Å². The summed E-state index contributed by atoms with van der Waals surface area (Å²) in [4.78, 5) is 16.4. The van der Waals surface area contributed by atoms with Gasteiger partial charge in [0.25, 0.3) is 6.01 Å². The zero-order valence-electron chi connectivity index (χ0n) is 6.00. The molecule has 0 radical (unpaired) electrons. The van der Waals surface area contributed by atoms with Crippen molar-refractivity contribution in [1.82, 2.24) is 9.97 Å². The van der Waals surface area contributed by atoms with Crippen LogP contribution in [0.5, 0.6) is 6.01 Å². The Balaban J connectivity index is 2.73. The molecule has 0 atom stereocenters. The summed E-state index contributed by atoms with van der Waals surface area (Å²) in [5.74, 6) is -1.04. The Morgan fingerprint density at radius 2 is 2.64 bits per heavy atom. The van der Waals surface area contributed by atoms with Crippen molar-refractivity contribution in [3.63, 3.8) is 0 Å². The molecular formula is C6H8N2O3. The van der Waals surface area contributed by atoms with Gasteiger partial charge in [-0.25, -0.2) is 9.78 Å². The van der Waals surface area contributed by atoms with Gasteiger partial charge in [0.2, 0.25) is 0 Å². The minimum Gasteiger partial charge on any atom is -0.477 e. The number of hydrogen-bond donors (Lipinski definition) is 2. The quantitative estimate of drug-likeness (QED) is 0.668. The van der Waals surface area contributed by atoms with Crippen molar-refractivity contribution in [3.05, 3.63) is 11.9 Å².